The van der Waals surface area contributed by atoms with Gasteiger partial charge in [0.25, 0.3) is 5.91 Å². The molecule has 36 heavy (non-hydrogen) atoms. The average molecular weight is 499 g/mol. The van der Waals surface area contributed by atoms with Crippen LogP contribution in [0.3, 0.4) is 0 Å². The highest BCUT2D eigenvalue weighted by Gasteiger charge is 2.50. The number of nitrogens with zero attached hydrogens (tertiary/aromatic N) is 3. The molecule has 2 fully saturated rings. The molecule has 2 aliphatic heterocycles. The van der Waals surface area contributed by atoms with E-state index in [1.54, 1.807) is 23.2 Å². The third-order valence-electron chi connectivity index (χ3n) is 7.33. The van der Waals surface area contributed by atoms with Crippen molar-refractivity contribution < 1.29 is 14.4 Å². The van der Waals surface area contributed by atoms with Crippen molar-refractivity contribution in [3.63, 3.8) is 0 Å². The summed E-state index contributed by atoms with van der Waals surface area (Å²) >= 11 is 1.67. The number of para-hydroxylation sites is 1. The number of carbonyl (C=O) groups excluding carboxylic acids is 3. The van der Waals surface area contributed by atoms with E-state index in [0.29, 0.717) is 18.7 Å². The third-order valence-corrected chi connectivity index (χ3v) is 8.53. The first-order valence-corrected chi connectivity index (χ1v) is 13.0. The summed E-state index contributed by atoms with van der Waals surface area (Å²) in [6.07, 6.45) is 1.83. The Hall–Kier alpha value is -3.78. The van der Waals surface area contributed by atoms with Crippen LogP contribution in [0.2, 0.25) is 0 Å². The van der Waals surface area contributed by atoms with Gasteiger partial charge in [0.15, 0.2) is 0 Å². The predicted octanol–water partition coefficient (Wildman–Crippen LogP) is 4.62. The monoisotopic (exact) mass is 498 g/mol. The molecule has 0 bridgehead atoms. The lowest BCUT2D eigenvalue weighted by Gasteiger charge is -2.32. The van der Waals surface area contributed by atoms with Gasteiger partial charge in [-0.2, -0.15) is 0 Å². The standard InChI is InChI=1S/C28H26N4O3S/c1-28(21-13-12-18-7-2-3-8-19(18)15-21)26(34)32(27(35)30-28)17-24(33)31-14-6-9-20(16-31)25-29-22-10-4-5-11-23(22)36-25/h2-5,7-8,10-13,15,20H,6,9,14,16-17H2,1H3,(H,30,35)/t20-,28-/m0/s1. The van der Waals surface area contributed by atoms with E-state index >= 15 is 0 Å². The molecule has 3 aromatic carbocycles. The summed E-state index contributed by atoms with van der Waals surface area (Å²) in [5.74, 6) is -0.464. The predicted molar refractivity (Wildman–Crippen MR) is 140 cm³/mol. The molecule has 0 aliphatic carbocycles. The SMILES string of the molecule is C[C@@]1(c2ccc3ccccc3c2)NC(=O)N(CC(=O)N2CCC[C@H](c3nc4ccccc4s3)C2)C1=O. The molecule has 1 N–H and O–H groups in total. The zero-order valence-corrected chi connectivity index (χ0v) is 20.8. The van der Waals surface area contributed by atoms with Crippen LogP contribution in [0.5, 0.6) is 0 Å². The molecule has 0 spiro atoms. The van der Waals surface area contributed by atoms with Gasteiger partial charge in [-0.15, -0.1) is 11.3 Å². The van der Waals surface area contributed by atoms with Gasteiger partial charge in [-0.25, -0.2) is 9.78 Å². The number of likely N-dealkylation sites (tertiary alicyclic amines) is 1. The molecule has 4 aromatic rings. The number of aromatic nitrogens is 1. The lowest BCUT2D eigenvalue weighted by atomic mass is 9.90. The lowest BCUT2D eigenvalue weighted by Crippen LogP contribution is -2.47. The molecular formula is C28H26N4O3S. The minimum atomic E-state index is -1.22. The summed E-state index contributed by atoms with van der Waals surface area (Å²) in [4.78, 5) is 47.2. The number of amides is 4. The molecule has 2 saturated heterocycles. The molecule has 0 unspecified atom stereocenters. The number of hydrogen-bond acceptors (Lipinski definition) is 5. The van der Waals surface area contributed by atoms with Gasteiger partial charge in [-0.05, 0) is 54.3 Å². The van der Waals surface area contributed by atoms with Gasteiger partial charge in [-0.3, -0.25) is 14.5 Å². The van der Waals surface area contributed by atoms with Crippen LogP contribution in [0.25, 0.3) is 21.0 Å². The number of benzene rings is 3. The topological polar surface area (TPSA) is 82.6 Å². The van der Waals surface area contributed by atoms with E-state index in [9.17, 15) is 14.4 Å². The number of thiazole rings is 1. The largest absolute Gasteiger partial charge is 0.340 e. The van der Waals surface area contributed by atoms with Crippen LogP contribution in [-0.2, 0) is 15.1 Å². The fourth-order valence-corrected chi connectivity index (χ4v) is 6.33. The van der Waals surface area contributed by atoms with Crippen molar-refractivity contribution in [2.24, 2.45) is 0 Å². The second-order valence-corrected chi connectivity index (χ2v) is 10.8. The number of piperidine rings is 1. The van der Waals surface area contributed by atoms with Crippen LogP contribution >= 0.6 is 11.3 Å². The Labute approximate surface area is 212 Å². The second kappa shape index (κ2) is 8.71. The summed E-state index contributed by atoms with van der Waals surface area (Å²) in [7, 11) is 0. The number of fused-ring (bicyclic) bond motifs is 2. The maximum atomic E-state index is 13.4. The zero-order chi connectivity index (χ0) is 24.9. The molecule has 6 rings (SSSR count). The van der Waals surface area contributed by atoms with Crippen LogP contribution < -0.4 is 5.32 Å². The minimum absolute atomic E-state index is 0.158. The van der Waals surface area contributed by atoms with Crippen LogP contribution in [-0.4, -0.2) is 52.3 Å². The summed E-state index contributed by atoms with van der Waals surface area (Å²) in [6, 6.07) is 21.1. The lowest BCUT2D eigenvalue weighted by molar-refractivity contribution is -0.139. The Balaban J connectivity index is 1.18. The van der Waals surface area contributed by atoms with Crippen LogP contribution in [0.4, 0.5) is 4.79 Å². The molecule has 182 valence electrons. The van der Waals surface area contributed by atoms with E-state index in [1.165, 1.54) is 0 Å². The smallest absolute Gasteiger partial charge is 0.325 e. The van der Waals surface area contributed by atoms with Crippen LogP contribution in [0, 0.1) is 0 Å². The number of hydrogen-bond donors (Lipinski definition) is 1. The van der Waals surface area contributed by atoms with Gasteiger partial charge >= 0.3 is 6.03 Å². The van der Waals surface area contributed by atoms with Gasteiger partial charge < -0.3 is 10.2 Å². The number of imide groups is 1. The van der Waals surface area contributed by atoms with Gasteiger partial charge in [-0.1, -0.05) is 48.5 Å². The van der Waals surface area contributed by atoms with Crippen molar-refractivity contribution in [1.82, 2.24) is 20.1 Å². The number of rotatable bonds is 4. The van der Waals surface area contributed by atoms with Gasteiger partial charge in [0.05, 0.1) is 15.2 Å². The maximum absolute atomic E-state index is 13.4. The first kappa shape index (κ1) is 22.7. The molecule has 2 aliphatic rings. The highest BCUT2D eigenvalue weighted by atomic mass is 32.1. The Morgan fingerprint density at radius 2 is 1.86 bits per heavy atom. The van der Waals surface area contributed by atoms with Crippen molar-refractivity contribution in [2.75, 3.05) is 19.6 Å². The van der Waals surface area contributed by atoms with Crippen molar-refractivity contribution in [3.8, 4) is 0 Å². The molecule has 1 aromatic heterocycles. The van der Waals surface area contributed by atoms with E-state index in [1.807, 2.05) is 60.7 Å². The molecule has 3 heterocycles. The van der Waals surface area contributed by atoms with Gasteiger partial charge in [0.2, 0.25) is 5.91 Å². The molecule has 0 saturated carbocycles. The summed E-state index contributed by atoms with van der Waals surface area (Å²) in [6.45, 7) is 2.60. The molecular weight excluding hydrogens is 472 g/mol. The van der Waals surface area contributed by atoms with E-state index < -0.39 is 17.5 Å². The normalized spacial score (nSPS) is 22.4. The van der Waals surface area contributed by atoms with Gasteiger partial charge in [0.1, 0.15) is 12.1 Å². The minimum Gasteiger partial charge on any atom is -0.340 e. The van der Waals surface area contributed by atoms with Crippen molar-refractivity contribution in [2.45, 2.75) is 31.2 Å². The Morgan fingerprint density at radius 3 is 2.69 bits per heavy atom. The second-order valence-electron chi connectivity index (χ2n) is 9.71. The Kier molecular flexibility index (Phi) is 5.48. The molecule has 4 amide bonds. The van der Waals surface area contributed by atoms with Gasteiger partial charge in [0, 0.05) is 19.0 Å². The number of urea groups is 1. The Bertz CT molecular complexity index is 1480. The van der Waals surface area contributed by atoms with E-state index in [2.05, 4.69) is 11.4 Å². The fourth-order valence-electron chi connectivity index (χ4n) is 5.24. The van der Waals surface area contributed by atoms with Crippen molar-refractivity contribution in [1.29, 1.82) is 0 Å². The highest BCUT2D eigenvalue weighted by molar-refractivity contribution is 7.18. The number of carbonyl (C=O) groups is 3. The van der Waals surface area contributed by atoms with E-state index in [4.69, 9.17) is 4.98 Å². The summed E-state index contributed by atoms with van der Waals surface area (Å²) in [5.41, 5.74) is 0.462. The summed E-state index contributed by atoms with van der Waals surface area (Å²) < 4.78 is 1.14. The molecule has 7 nitrogen and oxygen atoms in total. The van der Waals surface area contributed by atoms with Crippen LogP contribution in [0.1, 0.15) is 36.3 Å². The van der Waals surface area contributed by atoms with E-state index in [0.717, 1.165) is 43.7 Å². The Morgan fingerprint density at radius 1 is 1.08 bits per heavy atom. The van der Waals surface area contributed by atoms with E-state index in [-0.39, 0.29) is 18.4 Å². The van der Waals surface area contributed by atoms with Crippen LogP contribution in [0.15, 0.2) is 66.7 Å². The number of nitrogens with one attached hydrogen (secondary N) is 1. The molecule has 0 radical (unpaired) electrons. The molecule has 2 atom stereocenters. The fraction of sp³-hybridized carbons (Fsp3) is 0.286. The summed E-state index contributed by atoms with van der Waals surface area (Å²) in [5, 5.41) is 5.91. The van der Waals surface area contributed by atoms with Crippen molar-refractivity contribution >= 4 is 50.2 Å². The quantitative estimate of drug-likeness (QED) is 0.416. The molecule has 8 heteroatoms. The zero-order valence-electron chi connectivity index (χ0n) is 19.9. The first-order valence-electron chi connectivity index (χ1n) is 12.2. The first-order chi connectivity index (χ1) is 17.4. The van der Waals surface area contributed by atoms with Crippen molar-refractivity contribution in [3.05, 3.63) is 77.3 Å². The average Bonchev–Trinajstić information content (AvgIpc) is 3.43. The highest BCUT2D eigenvalue weighted by Crippen LogP contribution is 2.34. The maximum Gasteiger partial charge on any atom is 0.325 e. The third kappa shape index (κ3) is 3.82.